The highest BCUT2D eigenvalue weighted by molar-refractivity contribution is 5.76. The van der Waals surface area contributed by atoms with E-state index in [-0.39, 0.29) is 6.03 Å². The van der Waals surface area contributed by atoms with E-state index in [0.29, 0.717) is 13.1 Å². The molecule has 0 saturated carbocycles. The van der Waals surface area contributed by atoms with Crippen molar-refractivity contribution in [1.82, 2.24) is 14.7 Å². The van der Waals surface area contributed by atoms with Crippen molar-refractivity contribution in [2.24, 2.45) is 0 Å². The zero-order chi connectivity index (χ0) is 15.5. The SMILES string of the molecule is CCN1CCN(CC(O)CN2CCc3ccccc3C2)C1=O. The number of nitrogens with zero attached hydrogens (tertiary/aromatic N) is 3. The first kappa shape index (κ1) is 15.3. The molecule has 120 valence electrons. The van der Waals surface area contributed by atoms with E-state index < -0.39 is 6.10 Å². The minimum Gasteiger partial charge on any atom is -0.390 e. The molecule has 1 fully saturated rings. The molecule has 0 spiro atoms. The minimum atomic E-state index is -0.481. The molecule has 2 heterocycles. The number of urea groups is 1. The number of likely N-dealkylation sites (N-methyl/N-ethyl adjacent to an activating group) is 1. The van der Waals surface area contributed by atoms with E-state index in [1.165, 1.54) is 11.1 Å². The molecule has 1 atom stereocenters. The summed E-state index contributed by atoms with van der Waals surface area (Å²) in [5.74, 6) is 0. The maximum Gasteiger partial charge on any atom is 0.320 e. The van der Waals surface area contributed by atoms with Crippen LogP contribution in [0.5, 0.6) is 0 Å². The van der Waals surface area contributed by atoms with E-state index in [4.69, 9.17) is 0 Å². The number of carbonyl (C=O) groups excluding carboxylic acids is 1. The van der Waals surface area contributed by atoms with Crippen LogP contribution in [0, 0.1) is 0 Å². The van der Waals surface area contributed by atoms with Gasteiger partial charge < -0.3 is 14.9 Å². The van der Waals surface area contributed by atoms with Gasteiger partial charge in [-0.25, -0.2) is 4.79 Å². The Bertz CT molecular complexity index is 534. The van der Waals surface area contributed by atoms with Crippen LogP contribution in [0.25, 0.3) is 0 Å². The Morgan fingerprint density at radius 2 is 1.82 bits per heavy atom. The zero-order valence-corrected chi connectivity index (χ0v) is 13.2. The lowest BCUT2D eigenvalue weighted by Crippen LogP contribution is -2.43. The number of carbonyl (C=O) groups is 1. The van der Waals surface area contributed by atoms with E-state index >= 15 is 0 Å². The Labute approximate surface area is 132 Å². The molecule has 1 N–H and O–H groups in total. The first-order valence-corrected chi connectivity index (χ1v) is 8.18. The van der Waals surface area contributed by atoms with Gasteiger partial charge in [0.2, 0.25) is 0 Å². The summed E-state index contributed by atoms with van der Waals surface area (Å²) >= 11 is 0. The number of β-amino-alcohol motifs (C(OH)–C–C–N with tert-alkyl or cyclic N) is 1. The molecule has 5 heteroatoms. The average molecular weight is 303 g/mol. The maximum absolute atomic E-state index is 12.1. The van der Waals surface area contributed by atoms with E-state index in [9.17, 15) is 9.90 Å². The molecule has 2 amide bonds. The summed E-state index contributed by atoms with van der Waals surface area (Å²) in [5, 5.41) is 10.3. The van der Waals surface area contributed by atoms with Crippen LogP contribution in [0.1, 0.15) is 18.1 Å². The molecule has 22 heavy (non-hydrogen) atoms. The van der Waals surface area contributed by atoms with Crippen LogP contribution in [0.15, 0.2) is 24.3 Å². The number of aliphatic hydroxyl groups is 1. The Morgan fingerprint density at radius 3 is 2.55 bits per heavy atom. The lowest BCUT2D eigenvalue weighted by atomic mass is 10.00. The highest BCUT2D eigenvalue weighted by Gasteiger charge is 2.29. The Morgan fingerprint density at radius 1 is 1.09 bits per heavy atom. The topological polar surface area (TPSA) is 47.0 Å². The largest absolute Gasteiger partial charge is 0.390 e. The van der Waals surface area contributed by atoms with Crippen molar-refractivity contribution in [3.05, 3.63) is 35.4 Å². The van der Waals surface area contributed by atoms with Crippen molar-refractivity contribution in [2.75, 3.05) is 39.3 Å². The first-order valence-electron chi connectivity index (χ1n) is 8.18. The number of benzene rings is 1. The molecule has 2 aliphatic heterocycles. The van der Waals surface area contributed by atoms with Gasteiger partial charge in [0, 0.05) is 45.8 Å². The molecule has 5 nitrogen and oxygen atoms in total. The molecule has 2 aliphatic rings. The second-order valence-corrected chi connectivity index (χ2v) is 6.22. The molecule has 0 aliphatic carbocycles. The van der Waals surface area contributed by atoms with Gasteiger partial charge in [-0.15, -0.1) is 0 Å². The van der Waals surface area contributed by atoms with Crippen molar-refractivity contribution in [2.45, 2.75) is 26.0 Å². The summed E-state index contributed by atoms with van der Waals surface area (Å²) in [6.45, 7) is 7.17. The summed E-state index contributed by atoms with van der Waals surface area (Å²) in [7, 11) is 0. The smallest absolute Gasteiger partial charge is 0.320 e. The van der Waals surface area contributed by atoms with Crippen LogP contribution in [0.4, 0.5) is 4.79 Å². The van der Waals surface area contributed by atoms with Crippen LogP contribution in [-0.2, 0) is 13.0 Å². The van der Waals surface area contributed by atoms with Crippen molar-refractivity contribution < 1.29 is 9.90 Å². The Hall–Kier alpha value is -1.59. The molecule has 1 aromatic rings. The van der Waals surface area contributed by atoms with Gasteiger partial charge in [-0.05, 0) is 24.5 Å². The summed E-state index contributed by atoms with van der Waals surface area (Å²) in [4.78, 5) is 17.9. The molecule has 1 unspecified atom stereocenters. The van der Waals surface area contributed by atoms with Gasteiger partial charge >= 0.3 is 6.03 Å². The third kappa shape index (κ3) is 3.25. The average Bonchev–Trinajstić information content (AvgIpc) is 2.87. The fourth-order valence-corrected chi connectivity index (χ4v) is 3.42. The van der Waals surface area contributed by atoms with Gasteiger partial charge in [0.1, 0.15) is 0 Å². The van der Waals surface area contributed by atoms with Crippen LogP contribution in [0.3, 0.4) is 0 Å². The van der Waals surface area contributed by atoms with Gasteiger partial charge in [0.05, 0.1) is 6.10 Å². The van der Waals surface area contributed by atoms with E-state index in [0.717, 1.165) is 39.1 Å². The number of amides is 2. The van der Waals surface area contributed by atoms with Gasteiger partial charge in [-0.2, -0.15) is 0 Å². The highest BCUT2D eigenvalue weighted by atomic mass is 16.3. The third-order valence-electron chi connectivity index (χ3n) is 4.67. The standard InChI is InChI=1S/C17H25N3O2/c1-2-19-9-10-20(17(19)22)13-16(21)12-18-8-7-14-5-3-4-6-15(14)11-18/h3-6,16,21H,2,7-13H2,1H3. The number of fused-ring (bicyclic) bond motifs is 1. The summed E-state index contributed by atoms with van der Waals surface area (Å²) in [5.41, 5.74) is 2.77. The van der Waals surface area contributed by atoms with Gasteiger partial charge in [0.25, 0.3) is 0 Å². The predicted molar refractivity (Wildman–Crippen MR) is 85.6 cm³/mol. The maximum atomic E-state index is 12.1. The van der Waals surface area contributed by atoms with Gasteiger partial charge in [-0.1, -0.05) is 24.3 Å². The quantitative estimate of drug-likeness (QED) is 0.888. The highest BCUT2D eigenvalue weighted by Crippen LogP contribution is 2.19. The molecule has 3 rings (SSSR count). The van der Waals surface area contributed by atoms with Crippen molar-refractivity contribution >= 4 is 6.03 Å². The van der Waals surface area contributed by atoms with Crippen molar-refractivity contribution in [1.29, 1.82) is 0 Å². The predicted octanol–water partition coefficient (Wildman–Crippen LogP) is 1.16. The number of hydrogen-bond donors (Lipinski definition) is 1. The summed E-state index contributed by atoms with van der Waals surface area (Å²) in [6.07, 6.45) is 0.556. The lowest BCUT2D eigenvalue weighted by Gasteiger charge is -2.31. The minimum absolute atomic E-state index is 0.0607. The number of rotatable bonds is 5. The molecule has 1 saturated heterocycles. The third-order valence-corrected chi connectivity index (χ3v) is 4.67. The second-order valence-electron chi connectivity index (χ2n) is 6.22. The summed E-state index contributed by atoms with van der Waals surface area (Å²) in [6, 6.07) is 8.57. The second kappa shape index (κ2) is 6.67. The van der Waals surface area contributed by atoms with Gasteiger partial charge in [0.15, 0.2) is 0 Å². The van der Waals surface area contributed by atoms with E-state index in [2.05, 4.69) is 29.2 Å². The van der Waals surface area contributed by atoms with Crippen LogP contribution >= 0.6 is 0 Å². The molecule has 1 aromatic carbocycles. The fourth-order valence-electron chi connectivity index (χ4n) is 3.42. The first-order chi connectivity index (χ1) is 10.7. The van der Waals surface area contributed by atoms with E-state index in [1.807, 2.05) is 11.8 Å². The van der Waals surface area contributed by atoms with Gasteiger partial charge in [-0.3, -0.25) is 4.90 Å². The van der Waals surface area contributed by atoms with Crippen LogP contribution in [0.2, 0.25) is 0 Å². The van der Waals surface area contributed by atoms with Crippen LogP contribution < -0.4 is 0 Å². The molecule has 0 bridgehead atoms. The summed E-state index contributed by atoms with van der Waals surface area (Å²) < 4.78 is 0. The lowest BCUT2D eigenvalue weighted by molar-refractivity contribution is 0.0813. The zero-order valence-electron chi connectivity index (χ0n) is 13.2. The molecular formula is C17H25N3O2. The number of hydrogen-bond acceptors (Lipinski definition) is 3. The molecular weight excluding hydrogens is 278 g/mol. The monoisotopic (exact) mass is 303 g/mol. The Kier molecular flexibility index (Phi) is 4.64. The Balaban J connectivity index is 1.51. The molecule has 0 aromatic heterocycles. The van der Waals surface area contributed by atoms with E-state index in [1.54, 1.807) is 4.90 Å². The normalized spacial score (nSPS) is 20.4. The van der Waals surface area contributed by atoms with Crippen molar-refractivity contribution in [3.8, 4) is 0 Å². The number of aliphatic hydroxyl groups excluding tert-OH is 1. The molecule has 0 radical (unpaired) electrons. The van der Waals surface area contributed by atoms with Crippen molar-refractivity contribution in [3.63, 3.8) is 0 Å². The van der Waals surface area contributed by atoms with Crippen LogP contribution in [-0.4, -0.2) is 71.2 Å². The fraction of sp³-hybridized carbons (Fsp3) is 0.588.